The Hall–Kier alpha value is -2.30. The second-order valence-corrected chi connectivity index (χ2v) is 9.53. The monoisotopic (exact) mass is 434 g/mol. The summed E-state index contributed by atoms with van der Waals surface area (Å²) >= 11 is 0. The summed E-state index contributed by atoms with van der Waals surface area (Å²) in [5.41, 5.74) is 1.16. The van der Waals surface area contributed by atoms with E-state index in [-0.39, 0.29) is 22.5 Å². The van der Waals surface area contributed by atoms with E-state index in [1.165, 1.54) is 0 Å². The fourth-order valence-electron chi connectivity index (χ4n) is 3.77. The molecule has 2 fully saturated rings. The van der Waals surface area contributed by atoms with E-state index < -0.39 is 10.0 Å². The van der Waals surface area contributed by atoms with Crippen molar-refractivity contribution in [2.75, 3.05) is 39.4 Å². The molecular formula is C20H26N4O5S. The van der Waals surface area contributed by atoms with Gasteiger partial charge >= 0.3 is 11.8 Å². The van der Waals surface area contributed by atoms with Crippen LogP contribution in [0.4, 0.5) is 0 Å². The minimum Gasteiger partial charge on any atom is -0.378 e. The summed E-state index contributed by atoms with van der Waals surface area (Å²) < 4.78 is 38.5. The number of rotatable bonds is 4. The van der Waals surface area contributed by atoms with Gasteiger partial charge in [0.2, 0.25) is 15.8 Å². The molecule has 9 nitrogen and oxygen atoms in total. The fourth-order valence-corrected chi connectivity index (χ4v) is 5.54. The van der Waals surface area contributed by atoms with E-state index in [1.54, 1.807) is 34.3 Å². The van der Waals surface area contributed by atoms with Crippen molar-refractivity contribution in [1.82, 2.24) is 19.3 Å². The number of hydrogen-bond donors (Lipinski definition) is 0. The van der Waals surface area contributed by atoms with E-state index in [4.69, 9.17) is 9.26 Å². The summed E-state index contributed by atoms with van der Waals surface area (Å²) in [7, 11) is -3.62. The van der Waals surface area contributed by atoms with Gasteiger partial charge in [0, 0.05) is 31.7 Å². The maximum Gasteiger partial charge on any atom is 0.316 e. The van der Waals surface area contributed by atoms with Crippen molar-refractivity contribution in [1.29, 1.82) is 0 Å². The Morgan fingerprint density at radius 3 is 2.43 bits per heavy atom. The molecule has 1 aromatic carbocycles. The molecule has 10 heteroatoms. The summed E-state index contributed by atoms with van der Waals surface area (Å²) in [6.45, 7) is 4.74. The number of aromatic nitrogens is 2. The molecule has 0 saturated carbocycles. The van der Waals surface area contributed by atoms with Crippen LogP contribution in [0.25, 0.3) is 11.4 Å². The molecule has 0 radical (unpaired) electrons. The van der Waals surface area contributed by atoms with Crippen LogP contribution in [0.2, 0.25) is 0 Å². The van der Waals surface area contributed by atoms with Gasteiger partial charge in [0.05, 0.1) is 18.1 Å². The molecule has 4 rings (SSSR count). The minimum absolute atomic E-state index is 0.107. The van der Waals surface area contributed by atoms with E-state index in [0.29, 0.717) is 50.5 Å². The van der Waals surface area contributed by atoms with Crippen molar-refractivity contribution in [3.05, 3.63) is 29.7 Å². The molecule has 2 aromatic rings. The van der Waals surface area contributed by atoms with Crippen LogP contribution in [-0.4, -0.2) is 73.1 Å². The second kappa shape index (κ2) is 8.83. The third-order valence-electron chi connectivity index (χ3n) is 5.54. The molecule has 2 aliphatic rings. The lowest BCUT2D eigenvalue weighted by atomic mass is 10.1. The molecular weight excluding hydrogens is 408 g/mol. The maximum absolute atomic E-state index is 13.3. The molecule has 3 heterocycles. The van der Waals surface area contributed by atoms with Crippen LogP contribution >= 0.6 is 0 Å². The van der Waals surface area contributed by atoms with Gasteiger partial charge in [-0.1, -0.05) is 30.1 Å². The van der Waals surface area contributed by atoms with Crippen LogP contribution in [0.5, 0.6) is 0 Å². The SMILES string of the molecule is Cc1ccc(-c2noc(C(=O)N3CCOCC3)n2)cc1S(=O)(=O)N1CCCCCC1. The van der Waals surface area contributed by atoms with Crippen molar-refractivity contribution in [2.24, 2.45) is 0 Å². The molecule has 0 aliphatic carbocycles. The van der Waals surface area contributed by atoms with Crippen LogP contribution in [0, 0.1) is 6.92 Å². The average Bonchev–Trinajstić information content (AvgIpc) is 3.08. The van der Waals surface area contributed by atoms with Gasteiger partial charge in [0.1, 0.15) is 0 Å². The Labute approximate surface area is 176 Å². The molecule has 2 aliphatic heterocycles. The first-order valence-corrected chi connectivity index (χ1v) is 11.7. The Morgan fingerprint density at radius 1 is 1.03 bits per heavy atom. The molecule has 1 aromatic heterocycles. The first kappa shape index (κ1) is 21.0. The van der Waals surface area contributed by atoms with Crippen molar-refractivity contribution in [3.63, 3.8) is 0 Å². The third-order valence-corrected chi connectivity index (χ3v) is 7.58. The van der Waals surface area contributed by atoms with E-state index in [2.05, 4.69) is 10.1 Å². The van der Waals surface area contributed by atoms with Crippen molar-refractivity contribution in [3.8, 4) is 11.4 Å². The zero-order chi connectivity index (χ0) is 21.1. The molecule has 0 unspecified atom stereocenters. The number of carbonyl (C=O) groups excluding carboxylic acids is 1. The predicted molar refractivity (Wildman–Crippen MR) is 108 cm³/mol. The van der Waals surface area contributed by atoms with Gasteiger partial charge < -0.3 is 14.2 Å². The molecule has 30 heavy (non-hydrogen) atoms. The molecule has 2 saturated heterocycles. The van der Waals surface area contributed by atoms with Gasteiger partial charge in [-0.2, -0.15) is 9.29 Å². The highest BCUT2D eigenvalue weighted by Gasteiger charge is 2.28. The molecule has 0 spiro atoms. The third kappa shape index (κ3) is 4.26. The number of hydrogen-bond acceptors (Lipinski definition) is 7. The number of morpholine rings is 1. The molecule has 1 amide bonds. The number of carbonyl (C=O) groups is 1. The molecule has 162 valence electrons. The standard InChI is InChI=1S/C20H26N4O5S/c1-15-6-7-16(14-17(15)30(26,27)24-8-4-2-3-5-9-24)18-21-19(29-22-18)20(25)23-10-12-28-13-11-23/h6-7,14H,2-5,8-13H2,1H3. The average molecular weight is 435 g/mol. The summed E-state index contributed by atoms with van der Waals surface area (Å²) in [6, 6.07) is 5.05. The zero-order valence-electron chi connectivity index (χ0n) is 17.0. The summed E-state index contributed by atoms with van der Waals surface area (Å²) in [4.78, 5) is 18.6. The van der Waals surface area contributed by atoms with Crippen LogP contribution in [0.15, 0.2) is 27.6 Å². The molecule has 0 bridgehead atoms. The summed E-state index contributed by atoms with van der Waals surface area (Å²) in [6.07, 6.45) is 3.84. The highest BCUT2D eigenvalue weighted by molar-refractivity contribution is 7.89. The number of aryl methyl sites for hydroxylation is 1. The normalized spacial score (nSPS) is 18.9. The maximum atomic E-state index is 13.3. The fraction of sp³-hybridized carbons (Fsp3) is 0.550. The highest BCUT2D eigenvalue weighted by atomic mass is 32.2. The first-order chi connectivity index (χ1) is 14.5. The van der Waals surface area contributed by atoms with Gasteiger partial charge in [-0.3, -0.25) is 4.79 Å². The van der Waals surface area contributed by atoms with E-state index in [0.717, 1.165) is 25.7 Å². The molecule has 0 atom stereocenters. The van der Waals surface area contributed by atoms with E-state index >= 15 is 0 Å². The quantitative estimate of drug-likeness (QED) is 0.725. The van der Waals surface area contributed by atoms with Crippen molar-refractivity contribution < 1.29 is 22.5 Å². The number of ether oxygens (including phenoxy) is 1. The van der Waals surface area contributed by atoms with Gasteiger partial charge in [-0.05, 0) is 31.4 Å². The van der Waals surface area contributed by atoms with Crippen LogP contribution in [-0.2, 0) is 14.8 Å². The Morgan fingerprint density at radius 2 is 1.73 bits per heavy atom. The summed E-state index contributed by atoms with van der Waals surface area (Å²) in [5.74, 6) is -0.259. The Bertz CT molecular complexity index is 1010. The number of amides is 1. The predicted octanol–water partition coefficient (Wildman–Crippen LogP) is 2.08. The smallest absolute Gasteiger partial charge is 0.316 e. The van der Waals surface area contributed by atoms with Gasteiger partial charge in [0.15, 0.2) is 0 Å². The van der Waals surface area contributed by atoms with Crippen LogP contribution < -0.4 is 0 Å². The van der Waals surface area contributed by atoms with Crippen LogP contribution in [0.3, 0.4) is 0 Å². The van der Waals surface area contributed by atoms with E-state index in [1.807, 2.05) is 0 Å². The topological polar surface area (TPSA) is 106 Å². The minimum atomic E-state index is -3.62. The summed E-state index contributed by atoms with van der Waals surface area (Å²) in [5, 5.41) is 3.91. The van der Waals surface area contributed by atoms with Gasteiger partial charge in [-0.15, -0.1) is 0 Å². The first-order valence-electron chi connectivity index (χ1n) is 10.3. The van der Waals surface area contributed by atoms with Gasteiger partial charge in [0.25, 0.3) is 0 Å². The Balaban J connectivity index is 1.60. The lowest BCUT2D eigenvalue weighted by molar-refractivity contribution is 0.0272. The number of sulfonamides is 1. The second-order valence-electron chi connectivity index (χ2n) is 7.63. The largest absolute Gasteiger partial charge is 0.378 e. The lowest BCUT2D eigenvalue weighted by Gasteiger charge is -2.25. The Kier molecular flexibility index (Phi) is 6.16. The molecule has 0 N–H and O–H groups in total. The number of nitrogens with zero attached hydrogens (tertiary/aromatic N) is 4. The number of benzene rings is 1. The zero-order valence-corrected chi connectivity index (χ0v) is 17.9. The van der Waals surface area contributed by atoms with Crippen LogP contribution in [0.1, 0.15) is 41.9 Å². The lowest BCUT2D eigenvalue weighted by Crippen LogP contribution is -2.40. The van der Waals surface area contributed by atoms with E-state index in [9.17, 15) is 13.2 Å². The van der Waals surface area contributed by atoms with Crippen molar-refractivity contribution in [2.45, 2.75) is 37.5 Å². The van der Waals surface area contributed by atoms with Gasteiger partial charge in [-0.25, -0.2) is 8.42 Å². The highest BCUT2D eigenvalue weighted by Crippen LogP contribution is 2.27. The van der Waals surface area contributed by atoms with Crippen molar-refractivity contribution >= 4 is 15.9 Å².